The summed E-state index contributed by atoms with van der Waals surface area (Å²) in [5, 5.41) is 1.30. The van der Waals surface area contributed by atoms with Gasteiger partial charge in [-0.05, 0) is 106 Å². The normalized spacial score (nSPS) is 14.6. The van der Waals surface area contributed by atoms with Crippen molar-refractivity contribution in [3.05, 3.63) is 52.5 Å². The Morgan fingerprint density at radius 3 is 2.53 bits per heavy atom. The van der Waals surface area contributed by atoms with Gasteiger partial charge in [0.1, 0.15) is 10.8 Å². The predicted molar refractivity (Wildman–Crippen MR) is 157 cm³/mol. The van der Waals surface area contributed by atoms with E-state index in [1.807, 2.05) is 38.1 Å². The Morgan fingerprint density at radius 2 is 1.88 bits per heavy atom. The lowest BCUT2D eigenvalue weighted by atomic mass is 9.84. The largest absolute Gasteiger partial charge is 0.495 e. The molecule has 0 spiro atoms. The Morgan fingerprint density at radius 1 is 1.14 bits per heavy atom. The highest BCUT2D eigenvalue weighted by atomic mass is 35.5. The third-order valence-corrected chi connectivity index (χ3v) is 8.16. The van der Waals surface area contributed by atoms with E-state index in [2.05, 4.69) is 38.1 Å². The number of aromatic nitrogens is 2. The van der Waals surface area contributed by atoms with Crippen LogP contribution in [0.5, 0.6) is 5.75 Å². The summed E-state index contributed by atoms with van der Waals surface area (Å²) in [6.07, 6.45) is -2.31. The van der Waals surface area contributed by atoms with Crippen LogP contribution in [0.15, 0.2) is 36.4 Å². The van der Waals surface area contributed by atoms with Crippen LogP contribution < -0.4 is 4.74 Å². The second-order valence-corrected chi connectivity index (χ2v) is 11.7. The number of hydrogen-bond acceptors (Lipinski definition) is 9. The standard InChI is InChI=1S/C30H33ClF3N3O5S/c1-4-21-22(19-12-15-37(16-13-19)14-6-9-26(38)41-42-29(39)30(32,33)34)7-5-8-23(21)27-35-28(43-36-27)20-10-11-25(24(31)17-20)40-18(2)3/h5,7-8,10-11,17-19H,4,6,9,12-16H2,1-3H3. The molecule has 0 saturated carbocycles. The molecular formula is C30H33ClF3N3O5S. The molecule has 1 aliphatic rings. The van der Waals surface area contributed by atoms with Crippen molar-refractivity contribution in [2.24, 2.45) is 0 Å². The first-order valence-electron chi connectivity index (χ1n) is 14.1. The molecule has 13 heteroatoms. The van der Waals surface area contributed by atoms with Crippen LogP contribution in [-0.4, -0.2) is 58.1 Å². The zero-order chi connectivity index (χ0) is 31.1. The molecule has 0 N–H and O–H groups in total. The summed E-state index contributed by atoms with van der Waals surface area (Å²) in [5.41, 5.74) is 4.40. The number of piperidine rings is 1. The van der Waals surface area contributed by atoms with Gasteiger partial charge in [0, 0.05) is 11.1 Å². The molecule has 1 aromatic heterocycles. The van der Waals surface area contributed by atoms with Gasteiger partial charge in [-0.2, -0.15) is 17.5 Å². The van der Waals surface area contributed by atoms with Gasteiger partial charge >= 0.3 is 18.1 Å². The molecule has 1 fully saturated rings. The molecule has 3 aromatic rings. The average Bonchev–Trinajstić information content (AvgIpc) is 3.46. The van der Waals surface area contributed by atoms with E-state index in [1.54, 1.807) is 0 Å². The number of carbonyl (C=O) groups is 2. The van der Waals surface area contributed by atoms with Crippen LogP contribution in [0.4, 0.5) is 13.2 Å². The number of halogens is 4. The van der Waals surface area contributed by atoms with Crippen molar-refractivity contribution in [1.82, 2.24) is 14.3 Å². The number of likely N-dealkylation sites (tertiary alicyclic amines) is 1. The van der Waals surface area contributed by atoms with Crippen molar-refractivity contribution in [2.45, 2.75) is 71.1 Å². The molecule has 1 aliphatic heterocycles. The maximum Gasteiger partial charge on any atom is 0.495 e. The first kappa shape index (κ1) is 32.7. The summed E-state index contributed by atoms with van der Waals surface area (Å²) >= 11 is 7.77. The van der Waals surface area contributed by atoms with Crippen LogP contribution in [0, 0.1) is 0 Å². The van der Waals surface area contributed by atoms with Gasteiger partial charge < -0.3 is 9.64 Å². The fourth-order valence-corrected chi connectivity index (χ4v) is 6.01. The fraction of sp³-hybridized carbons (Fsp3) is 0.467. The second-order valence-electron chi connectivity index (χ2n) is 10.5. The van der Waals surface area contributed by atoms with Crippen molar-refractivity contribution >= 4 is 35.1 Å². The van der Waals surface area contributed by atoms with Gasteiger partial charge in [0.15, 0.2) is 5.82 Å². The SMILES string of the molecule is CCc1c(-c2nsc(-c3ccc(OC(C)C)c(Cl)c3)n2)cccc1C1CCN(CCCC(=O)OOC(=O)C(F)(F)F)CC1. The molecule has 8 nitrogen and oxygen atoms in total. The van der Waals surface area contributed by atoms with Gasteiger partial charge in [0.2, 0.25) is 0 Å². The van der Waals surface area contributed by atoms with Gasteiger partial charge in [-0.25, -0.2) is 24.3 Å². The van der Waals surface area contributed by atoms with E-state index in [1.165, 1.54) is 22.7 Å². The molecule has 43 heavy (non-hydrogen) atoms. The van der Waals surface area contributed by atoms with Crippen LogP contribution >= 0.6 is 23.1 Å². The van der Waals surface area contributed by atoms with E-state index < -0.39 is 18.1 Å². The van der Waals surface area contributed by atoms with Crippen LogP contribution in [-0.2, 0) is 25.8 Å². The van der Waals surface area contributed by atoms with Crippen molar-refractivity contribution < 1.29 is 37.3 Å². The molecule has 0 aliphatic carbocycles. The minimum atomic E-state index is -5.22. The molecule has 2 aromatic carbocycles. The number of hydrogen-bond donors (Lipinski definition) is 0. The first-order chi connectivity index (χ1) is 20.5. The Labute approximate surface area is 257 Å². The van der Waals surface area contributed by atoms with E-state index in [4.69, 9.17) is 21.3 Å². The summed E-state index contributed by atoms with van der Waals surface area (Å²) in [6, 6.07) is 11.9. The number of benzene rings is 2. The first-order valence-corrected chi connectivity index (χ1v) is 15.2. The zero-order valence-electron chi connectivity index (χ0n) is 24.1. The van der Waals surface area contributed by atoms with Crippen molar-refractivity contribution in [2.75, 3.05) is 19.6 Å². The fourth-order valence-electron chi connectivity index (χ4n) is 5.11. The third kappa shape index (κ3) is 8.67. The lowest BCUT2D eigenvalue weighted by molar-refractivity contribution is -0.285. The van der Waals surface area contributed by atoms with Gasteiger partial charge in [0.05, 0.1) is 17.5 Å². The van der Waals surface area contributed by atoms with E-state index in [-0.39, 0.29) is 12.5 Å². The zero-order valence-corrected chi connectivity index (χ0v) is 25.7. The summed E-state index contributed by atoms with van der Waals surface area (Å²) < 4.78 is 46.8. The minimum absolute atomic E-state index is 0.0194. The van der Waals surface area contributed by atoms with E-state index >= 15 is 0 Å². The average molecular weight is 640 g/mol. The lowest BCUT2D eigenvalue weighted by Crippen LogP contribution is -2.34. The Balaban J connectivity index is 1.34. The smallest absolute Gasteiger partial charge is 0.489 e. The summed E-state index contributed by atoms with van der Waals surface area (Å²) in [6.45, 7) is 8.23. The number of rotatable bonds is 10. The van der Waals surface area contributed by atoms with Gasteiger partial charge in [-0.1, -0.05) is 36.7 Å². The summed E-state index contributed by atoms with van der Waals surface area (Å²) in [5.74, 6) is -1.91. The molecule has 4 rings (SSSR count). The monoisotopic (exact) mass is 639 g/mol. The number of carbonyl (C=O) groups excluding carboxylic acids is 2. The number of alkyl halides is 3. The molecule has 0 unspecified atom stereocenters. The summed E-state index contributed by atoms with van der Waals surface area (Å²) in [4.78, 5) is 36.8. The quantitative estimate of drug-likeness (QED) is 0.167. The van der Waals surface area contributed by atoms with Gasteiger partial charge in [-0.3, -0.25) is 0 Å². The molecule has 1 saturated heterocycles. The topological polar surface area (TPSA) is 90.9 Å². The van der Waals surface area contributed by atoms with Crippen LogP contribution in [0.3, 0.4) is 0 Å². The Kier molecular flexibility index (Phi) is 11.0. The molecule has 232 valence electrons. The van der Waals surface area contributed by atoms with Crippen LogP contribution in [0.2, 0.25) is 5.02 Å². The predicted octanol–water partition coefficient (Wildman–Crippen LogP) is 7.40. The highest BCUT2D eigenvalue weighted by molar-refractivity contribution is 7.09. The molecule has 0 bridgehead atoms. The summed E-state index contributed by atoms with van der Waals surface area (Å²) in [7, 11) is 0. The van der Waals surface area contributed by atoms with E-state index in [0.717, 1.165) is 48.5 Å². The maximum atomic E-state index is 12.1. The Hall–Kier alpha value is -3.22. The van der Waals surface area contributed by atoms with Crippen LogP contribution in [0.25, 0.3) is 22.0 Å². The van der Waals surface area contributed by atoms with Crippen molar-refractivity contribution in [3.8, 4) is 27.7 Å². The van der Waals surface area contributed by atoms with Crippen molar-refractivity contribution in [1.29, 1.82) is 0 Å². The van der Waals surface area contributed by atoms with Gasteiger partial charge in [-0.15, -0.1) is 0 Å². The van der Waals surface area contributed by atoms with Crippen LogP contribution in [0.1, 0.15) is 63.5 Å². The van der Waals surface area contributed by atoms with E-state index in [9.17, 15) is 22.8 Å². The molecule has 0 amide bonds. The number of ether oxygens (including phenoxy) is 1. The Bertz CT molecular complexity index is 1420. The second kappa shape index (κ2) is 14.5. The van der Waals surface area contributed by atoms with Gasteiger partial charge in [0.25, 0.3) is 0 Å². The maximum absolute atomic E-state index is 12.1. The highest BCUT2D eigenvalue weighted by Crippen LogP contribution is 2.37. The lowest BCUT2D eigenvalue weighted by Gasteiger charge is -2.33. The van der Waals surface area contributed by atoms with E-state index in [0.29, 0.717) is 35.5 Å². The molecule has 0 atom stereocenters. The third-order valence-electron chi connectivity index (χ3n) is 7.10. The number of nitrogens with zero attached hydrogens (tertiary/aromatic N) is 3. The minimum Gasteiger partial charge on any atom is -0.489 e. The highest BCUT2D eigenvalue weighted by Gasteiger charge is 2.43. The molecule has 2 heterocycles. The molecule has 0 radical (unpaired) electrons. The van der Waals surface area contributed by atoms with Crippen molar-refractivity contribution in [3.63, 3.8) is 0 Å². The molecular weight excluding hydrogens is 607 g/mol.